The molecule has 1 saturated carbocycles. The van der Waals surface area contributed by atoms with E-state index < -0.39 is 11.7 Å². The van der Waals surface area contributed by atoms with Crippen molar-refractivity contribution < 1.29 is 22.8 Å². The van der Waals surface area contributed by atoms with Crippen molar-refractivity contribution in [2.75, 3.05) is 13.1 Å². The van der Waals surface area contributed by atoms with Crippen LogP contribution in [0.4, 0.5) is 13.2 Å². The molecule has 1 saturated heterocycles. The molecule has 1 aliphatic heterocycles. The van der Waals surface area contributed by atoms with Gasteiger partial charge in [0, 0.05) is 32.0 Å². The van der Waals surface area contributed by atoms with Gasteiger partial charge in [-0.25, -0.2) is 0 Å². The summed E-state index contributed by atoms with van der Waals surface area (Å²) in [6, 6.07) is 13.5. The highest BCUT2D eigenvalue weighted by Gasteiger charge is 2.58. The minimum absolute atomic E-state index is 0.0713. The van der Waals surface area contributed by atoms with Gasteiger partial charge >= 0.3 is 6.18 Å². The van der Waals surface area contributed by atoms with Crippen molar-refractivity contribution in [3.8, 4) is 0 Å². The number of hydrogen-bond donors (Lipinski definition) is 1. The summed E-state index contributed by atoms with van der Waals surface area (Å²) >= 11 is 0. The average molecular weight is 459 g/mol. The predicted octanol–water partition coefficient (Wildman–Crippen LogP) is 4.89. The maximum atomic E-state index is 13.2. The minimum Gasteiger partial charge on any atom is -0.352 e. The number of carbonyl (C=O) groups excluding carboxylic acids is 2. The van der Waals surface area contributed by atoms with E-state index in [1.807, 2.05) is 36.1 Å². The summed E-state index contributed by atoms with van der Waals surface area (Å²) in [7, 11) is 0. The maximum absolute atomic E-state index is 13.2. The van der Waals surface area contributed by atoms with Crippen LogP contribution in [0.5, 0.6) is 0 Å². The van der Waals surface area contributed by atoms with E-state index in [4.69, 9.17) is 0 Å². The van der Waals surface area contributed by atoms with Gasteiger partial charge in [0.15, 0.2) is 0 Å². The Labute approximate surface area is 192 Å². The van der Waals surface area contributed by atoms with Crippen molar-refractivity contribution in [2.45, 2.75) is 51.7 Å². The number of amides is 2. The molecule has 1 N–H and O–H groups in total. The number of rotatable bonds is 6. The van der Waals surface area contributed by atoms with Crippen LogP contribution in [0.3, 0.4) is 0 Å². The fourth-order valence-electron chi connectivity index (χ4n) is 4.89. The standard InChI is InChI=1S/C26H29F3N2O2/c1-18-6-8-19(9-7-18)10-11-23(32)31-14-12-25(13-15-31)16-22(25)24(33)30-17-20-4-2-3-5-21(20)26(27,28)29/h2-9,22H,10-17H2,1H3,(H,30,33)/t22-/m0/s1. The van der Waals surface area contributed by atoms with Crippen molar-refractivity contribution in [3.63, 3.8) is 0 Å². The van der Waals surface area contributed by atoms with Gasteiger partial charge in [0.1, 0.15) is 0 Å². The fraction of sp³-hybridized carbons (Fsp3) is 0.462. The summed E-state index contributed by atoms with van der Waals surface area (Å²) in [5, 5.41) is 2.70. The Morgan fingerprint density at radius 1 is 1.06 bits per heavy atom. The smallest absolute Gasteiger partial charge is 0.352 e. The largest absolute Gasteiger partial charge is 0.416 e. The molecule has 0 bridgehead atoms. The SMILES string of the molecule is Cc1ccc(CCC(=O)N2CCC3(CC2)C[C@H]3C(=O)NCc2ccccc2C(F)(F)F)cc1. The van der Waals surface area contributed by atoms with Gasteiger partial charge in [-0.2, -0.15) is 13.2 Å². The van der Waals surface area contributed by atoms with E-state index in [0.717, 1.165) is 30.9 Å². The summed E-state index contributed by atoms with van der Waals surface area (Å²) in [6.45, 7) is 3.16. The molecule has 2 amide bonds. The molecule has 176 valence electrons. The fourth-order valence-corrected chi connectivity index (χ4v) is 4.89. The van der Waals surface area contributed by atoms with Gasteiger partial charge in [-0.05, 0) is 55.2 Å². The molecule has 7 heteroatoms. The number of alkyl halides is 3. The molecule has 1 aliphatic carbocycles. The molecule has 33 heavy (non-hydrogen) atoms. The molecular formula is C26H29F3N2O2. The molecule has 1 heterocycles. The van der Waals surface area contributed by atoms with Crippen LogP contribution in [0, 0.1) is 18.3 Å². The van der Waals surface area contributed by atoms with Crippen molar-refractivity contribution in [1.82, 2.24) is 10.2 Å². The highest BCUT2D eigenvalue weighted by molar-refractivity contribution is 5.83. The number of nitrogens with zero attached hydrogens (tertiary/aromatic N) is 1. The van der Waals surface area contributed by atoms with E-state index in [0.29, 0.717) is 25.9 Å². The van der Waals surface area contributed by atoms with Gasteiger partial charge in [-0.3, -0.25) is 9.59 Å². The Morgan fingerprint density at radius 2 is 1.73 bits per heavy atom. The summed E-state index contributed by atoms with van der Waals surface area (Å²) in [6.07, 6.45) is -0.989. The van der Waals surface area contributed by atoms with E-state index in [1.165, 1.54) is 17.7 Å². The van der Waals surface area contributed by atoms with Crippen LogP contribution in [0.15, 0.2) is 48.5 Å². The number of halogens is 3. The number of carbonyl (C=O) groups is 2. The lowest BCUT2D eigenvalue weighted by atomic mass is 9.90. The Balaban J connectivity index is 1.24. The quantitative estimate of drug-likeness (QED) is 0.670. The number of nitrogens with one attached hydrogen (secondary N) is 1. The highest BCUT2D eigenvalue weighted by Crippen LogP contribution is 2.59. The number of benzene rings is 2. The van der Waals surface area contributed by atoms with Crippen LogP contribution in [-0.2, 0) is 28.7 Å². The number of piperidine rings is 1. The maximum Gasteiger partial charge on any atom is 0.416 e. The molecule has 2 aromatic carbocycles. The summed E-state index contributed by atoms with van der Waals surface area (Å²) in [5.74, 6) is -0.234. The van der Waals surface area contributed by atoms with Gasteiger partial charge in [0.05, 0.1) is 5.56 Å². The van der Waals surface area contributed by atoms with Gasteiger partial charge in [0.25, 0.3) is 0 Å². The second-order valence-electron chi connectivity index (χ2n) is 9.36. The van der Waals surface area contributed by atoms with Crippen LogP contribution in [0.25, 0.3) is 0 Å². The number of likely N-dealkylation sites (tertiary alicyclic amines) is 1. The van der Waals surface area contributed by atoms with Gasteiger partial charge in [-0.1, -0.05) is 48.0 Å². The van der Waals surface area contributed by atoms with Crippen LogP contribution < -0.4 is 5.32 Å². The molecule has 0 radical (unpaired) electrons. The third-order valence-corrected chi connectivity index (χ3v) is 7.14. The van der Waals surface area contributed by atoms with Crippen molar-refractivity contribution >= 4 is 11.8 Å². The number of hydrogen-bond acceptors (Lipinski definition) is 2. The molecule has 2 fully saturated rings. The zero-order valence-electron chi connectivity index (χ0n) is 18.8. The first kappa shape index (κ1) is 23.3. The molecule has 1 atom stereocenters. The van der Waals surface area contributed by atoms with E-state index >= 15 is 0 Å². The molecular weight excluding hydrogens is 429 g/mol. The third kappa shape index (κ3) is 5.40. The predicted molar refractivity (Wildman–Crippen MR) is 119 cm³/mol. The summed E-state index contributed by atoms with van der Waals surface area (Å²) in [5.41, 5.74) is 1.59. The number of aryl methyl sites for hydroxylation is 2. The van der Waals surface area contributed by atoms with Crippen molar-refractivity contribution in [1.29, 1.82) is 0 Å². The minimum atomic E-state index is -4.44. The van der Waals surface area contributed by atoms with E-state index in [2.05, 4.69) is 5.32 Å². The molecule has 0 aromatic heterocycles. The summed E-state index contributed by atoms with van der Waals surface area (Å²) < 4.78 is 39.5. The second-order valence-corrected chi connectivity index (χ2v) is 9.36. The Kier molecular flexibility index (Phi) is 6.50. The van der Waals surface area contributed by atoms with Crippen LogP contribution in [-0.4, -0.2) is 29.8 Å². The first-order chi connectivity index (χ1) is 15.7. The average Bonchev–Trinajstić information content (AvgIpc) is 3.50. The van der Waals surface area contributed by atoms with Crippen LogP contribution in [0.1, 0.15) is 47.9 Å². The van der Waals surface area contributed by atoms with Gasteiger partial charge in [0.2, 0.25) is 11.8 Å². The lowest BCUT2D eigenvalue weighted by Crippen LogP contribution is -2.40. The lowest BCUT2D eigenvalue weighted by Gasteiger charge is -2.33. The van der Waals surface area contributed by atoms with E-state index in [-0.39, 0.29) is 35.3 Å². The van der Waals surface area contributed by atoms with Gasteiger partial charge < -0.3 is 10.2 Å². The monoisotopic (exact) mass is 458 g/mol. The Hall–Kier alpha value is -2.83. The summed E-state index contributed by atoms with van der Waals surface area (Å²) in [4.78, 5) is 27.1. The van der Waals surface area contributed by atoms with E-state index in [9.17, 15) is 22.8 Å². The molecule has 2 aromatic rings. The Morgan fingerprint density at radius 3 is 2.39 bits per heavy atom. The second kappa shape index (κ2) is 9.20. The van der Waals surface area contributed by atoms with Crippen LogP contribution >= 0.6 is 0 Å². The van der Waals surface area contributed by atoms with Crippen LogP contribution in [0.2, 0.25) is 0 Å². The third-order valence-electron chi connectivity index (χ3n) is 7.14. The topological polar surface area (TPSA) is 49.4 Å². The Bertz CT molecular complexity index is 1010. The molecule has 2 aliphatic rings. The normalized spacial score (nSPS) is 19.4. The highest BCUT2D eigenvalue weighted by atomic mass is 19.4. The van der Waals surface area contributed by atoms with Gasteiger partial charge in [-0.15, -0.1) is 0 Å². The van der Waals surface area contributed by atoms with Crippen molar-refractivity contribution in [2.24, 2.45) is 11.3 Å². The lowest BCUT2D eigenvalue weighted by molar-refractivity contribution is -0.138. The molecule has 4 nitrogen and oxygen atoms in total. The van der Waals surface area contributed by atoms with Crippen molar-refractivity contribution in [3.05, 3.63) is 70.8 Å². The first-order valence-corrected chi connectivity index (χ1v) is 11.4. The first-order valence-electron chi connectivity index (χ1n) is 11.4. The molecule has 4 rings (SSSR count). The zero-order chi connectivity index (χ0) is 23.6. The molecule has 1 spiro atoms. The molecule has 0 unspecified atom stereocenters. The van der Waals surface area contributed by atoms with E-state index in [1.54, 1.807) is 6.07 Å². The zero-order valence-corrected chi connectivity index (χ0v) is 18.8.